The maximum Gasteiger partial charge on any atom is 0.338 e. The maximum absolute atomic E-state index is 11.9. The summed E-state index contributed by atoms with van der Waals surface area (Å²) in [4.78, 5) is 11.9. The molecule has 0 N–H and O–H groups in total. The van der Waals surface area contributed by atoms with Gasteiger partial charge in [0.25, 0.3) is 0 Å². The Bertz CT molecular complexity index is 526. The minimum atomic E-state index is -0.305. The molecule has 1 aromatic carbocycles. The van der Waals surface area contributed by atoms with Gasteiger partial charge in [-0.05, 0) is 43.4 Å². The molecule has 1 aromatic rings. The highest BCUT2D eigenvalue weighted by Crippen LogP contribution is 2.22. The average molecular weight is 268 g/mol. The first kappa shape index (κ1) is 14.4. The molecule has 1 aliphatic rings. The highest BCUT2D eigenvalue weighted by Gasteiger charge is 2.07. The van der Waals surface area contributed by atoms with E-state index in [0.717, 1.165) is 18.4 Å². The third kappa shape index (κ3) is 4.25. The van der Waals surface area contributed by atoms with Gasteiger partial charge in [0.15, 0.2) is 0 Å². The van der Waals surface area contributed by atoms with Crippen LogP contribution in [-0.2, 0) is 4.74 Å². The molecule has 2 nitrogen and oxygen atoms in total. The second-order valence-electron chi connectivity index (χ2n) is 4.96. The van der Waals surface area contributed by atoms with E-state index >= 15 is 0 Å². The first-order valence-corrected chi connectivity index (χ1v) is 7.12. The number of hydrogen-bond acceptors (Lipinski definition) is 2. The summed E-state index contributed by atoms with van der Waals surface area (Å²) >= 11 is 0. The van der Waals surface area contributed by atoms with Gasteiger partial charge < -0.3 is 4.74 Å². The highest BCUT2D eigenvalue weighted by atomic mass is 16.5. The molecular weight excluding hydrogens is 248 g/mol. The van der Waals surface area contributed by atoms with Gasteiger partial charge in [0.2, 0.25) is 0 Å². The molecule has 2 heteroatoms. The van der Waals surface area contributed by atoms with E-state index in [1.54, 1.807) is 18.2 Å². The van der Waals surface area contributed by atoms with Crippen LogP contribution in [0.25, 0.3) is 0 Å². The smallest absolute Gasteiger partial charge is 0.338 e. The summed E-state index contributed by atoms with van der Waals surface area (Å²) < 4.78 is 5.30. The molecule has 104 valence electrons. The van der Waals surface area contributed by atoms with Crippen molar-refractivity contribution in [3.63, 3.8) is 0 Å². The molecule has 1 fully saturated rings. The van der Waals surface area contributed by atoms with Crippen molar-refractivity contribution in [2.24, 2.45) is 0 Å². The van der Waals surface area contributed by atoms with Crippen LogP contribution in [0, 0.1) is 0 Å². The van der Waals surface area contributed by atoms with Gasteiger partial charge in [-0.15, -0.1) is 5.73 Å². The molecule has 0 spiro atoms. The second-order valence-corrected chi connectivity index (χ2v) is 4.96. The number of ether oxygens (including phenoxy) is 1. The van der Waals surface area contributed by atoms with Crippen molar-refractivity contribution in [3.8, 4) is 0 Å². The van der Waals surface area contributed by atoms with E-state index < -0.39 is 0 Å². The number of benzene rings is 1. The number of esters is 1. The Labute approximate surface area is 120 Å². The van der Waals surface area contributed by atoms with E-state index in [0.29, 0.717) is 5.56 Å². The molecule has 1 aliphatic carbocycles. The summed E-state index contributed by atoms with van der Waals surface area (Å²) in [7, 11) is 0. The Morgan fingerprint density at radius 1 is 1.20 bits per heavy atom. The van der Waals surface area contributed by atoms with Crippen LogP contribution < -0.4 is 0 Å². The lowest BCUT2D eigenvalue weighted by molar-refractivity contribution is 0.0543. The Morgan fingerprint density at radius 2 is 1.90 bits per heavy atom. The molecule has 0 aliphatic heterocycles. The lowest BCUT2D eigenvalue weighted by Gasteiger charge is -2.11. The fourth-order valence-corrected chi connectivity index (χ4v) is 2.28. The first-order chi connectivity index (χ1) is 9.79. The van der Waals surface area contributed by atoms with Crippen molar-refractivity contribution in [1.29, 1.82) is 0 Å². The van der Waals surface area contributed by atoms with Gasteiger partial charge in [0.05, 0.1) is 5.56 Å². The van der Waals surface area contributed by atoms with Crippen molar-refractivity contribution in [2.45, 2.75) is 32.1 Å². The van der Waals surface area contributed by atoms with Crippen LogP contribution in [0.2, 0.25) is 0 Å². The van der Waals surface area contributed by atoms with Crippen LogP contribution in [0.4, 0.5) is 0 Å². The van der Waals surface area contributed by atoms with Crippen LogP contribution in [0.1, 0.15) is 42.5 Å². The van der Waals surface area contributed by atoms with E-state index in [2.05, 4.69) is 12.3 Å². The standard InChI is InChI=1S/C18H20O2/c1-2-15(13-16-9-5-3-6-10-16)14-20-18(19)17-11-7-4-8-12-17/h2,4,7-8,11-12H,1,3,5-6,9-10,14H2. The van der Waals surface area contributed by atoms with Gasteiger partial charge in [0.1, 0.15) is 6.61 Å². The molecular formula is C18H20O2. The SMILES string of the molecule is C=CC(=C=C1CCCCC1)COC(=O)c1ccccc1. The monoisotopic (exact) mass is 268 g/mol. The van der Waals surface area contributed by atoms with Gasteiger partial charge >= 0.3 is 5.97 Å². The number of carbonyl (C=O) groups is 1. The summed E-state index contributed by atoms with van der Waals surface area (Å²) in [5, 5.41) is 0. The van der Waals surface area contributed by atoms with Crippen LogP contribution in [-0.4, -0.2) is 12.6 Å². The van der Waals surface area contributed by atoms with Crippen molar-refractivity contribution in [1.82, 2.24) is 0 Å². The third-order valence-electron chi connectivity index (χ3n) is 3.41. The lowest BCUT2D eigenvalue weighted by Crippen LogP contribution is -2.07. The zero-order chi connectivity index (χ0) is 14.2. The van der Waals surface area contributed by atoms with Crippen molar-refractivity contribution >= 4 is 5.97 Å². The molecule has 0 atom stereocenters. The summed E-state index contributed by atoms with van der Waals surface area (Å²) in [6, 6.07) is 9.02. The number of rotatable bonds is 4. The molecule has 0 unspecified atom stereocenters. The summed E-state index contributed by atoms with van der Waals surface area (Å²) in [6.07, 6.45) is 7.69. The molecule has 2 rings (SSSR count). The number of carbonyl (C=O) groups excluding carboxylic acids is 1. The van der Waals surface area contributed by atoms with Crippen LogP contribution in [0.3, 0.4) is 0 Å². The van der Waals surface area contributed by atoms with E-state index in [1.165, 1.54) is 24.8 Å². The van der Waals surface area contributed by atoms with Crippen molar-refractivity contribution in [2.75, 3.05) is 6.61 Å². The van der Waals surface area contributed by atoms with E-state index in [1.807, 2.05) is 18.2 Å². The lowest BCUT2D eigenvalue weighted by atomic mass is 9.95. The molecule has 0 radical (unpaired) electrons. The Morgan fingerprint density at radius 3 is 2.55 bits per heavy atom. The maximum atomic E-state index is 11.9. The largest absolute Gasteiger partial charge is 0.457 e. The van der Waals surface area contributed by atoms with Gasteiger partial charge in [0, 0.05) is 5.57 Å². The topological polar surface area (TPSA) is 26.3 Å². The van der Waals surface area contributed by atoms with E-state index in [-0.39, 0.29) is 12.6 Å². The molecule has 0 aromatic heterocycles. The van der Waals surface area contributed by atoms with Crippen LogP contribution in [0.5, 0.6) is 0 Å². The van der Waals surface area contributed by atoms with Crippen molar-refractivity contribution < 1.29 is 9.53 Å². The summed E-state index contributed by atoms with van der Waals surface area (Å²) in [5.41, 5.74) is 6.10. The second kappa shape index (κ2) is 7.52. The minimum Gasteiger partial charge on any atom is -0.457 e. The Kier molecular flexibility index (Phi) is 5.40. The Balaban J connectivity index is 1.99. The molecule has 1 saturated carbocycles. The van der Waals surface area contributed by atoms with Gasteiger partial charge in [-0.1, -0.05) is 37.3 Å². The molecule has 0 heterocycles. The molecule has 0 amide bonds. The fourth-order valence-electron chi connectivity index (χ4n) is 2.28. The average Bonchev–Trinajstić information content (AvgIpc) is 2.53. The van der Waals surface area contributed by atoms with Gasteiger partial charge in [-0.2, -0.15) is 0 Å². The zero-order valence-electron chi connectivity index (χ0n) is 11.7. The van der Waals surface area contributed by atoms with E-state index in [9.17, 15) is 4.79 Å². The normalized spacial score (nSPS) is 14.3. The minimum absolute atomic E-state index is 0.237. The number of hydrogen-bond donors (Lipinski definition) is 0. The van der Waals surface area contributed by atoms with Gasteiger partial charge in [-0.3, -0.25) is 0 Å². The Hall–Kier alpha value is -2.05. The molecule has 0 bridgehead atoms. The highest BCUT2D eigenvalue weighted by molar-refractivity contribution is 5.89. The quantitative estimate of drug-likeness (QED) is 0.458. The van der Waals surface area contributed by atoms with Crippen molar-refractivity contribution in [3.05, 3.63) is 65.4 Å². The molecule has 20 heavy (non-hydrogen) atoms. The first-order valence-electron chi connectivity index (χ1n) is 7.12. The summed E-state index contributed by atoms with van der Waals surface area (Å²) in [6.45, 7) is 4.01. The van der Waals surface area contributed by atoms with Crippen LogP contribution in [0.15, 0.2) is 59.9 Å². The van der Waals surface area contributed by atoms with E-state index in [4.69, 9.17) is 4.74 Å². The molecule has 0 saturated heterocycles. The van der Waals surface area contributed by atoms with Crippen LogP contribution >= 0.6 is 0 Å². The predicted molar refractivity (Wildman–Crippen MR) is 80.5 cm³/mol. The zero-order valence-corrected chi connectivity index (χ0v) is 11.7. The summed E-state index contributed by atoms with van der Waals surface area (Å²) in [5.74, 6) is -0.305. The third-order valence-corrected chi connectivity index (χ3v) is 3.41. The van der Waals surface area contributed by atoms with Gasteiger partial charge in [-0.25, -0.2) is 4.79 Å². The predicted octanol–water partition coefficient (Wildman–Crippen LogP) is 4.45. The fraction of sp³-hybridized carbons (Fsp3) is 0.333.